The minimum absolute atomic E-state index is 0.360. The molecule has 132 heavy (non-hydrogen) atoms. The fraction of sp³-hybridized carbons (Fsp3) is 0.247. The summed E-state index contributed by atoms with van der Waals surface area (Å²) in [4.78, 5) is 19.5. The molecule has 1 saturated carbocycles. The van der Waals surface area contributed by atoms with E-state index >= 15 is 0 Å². The Hall–Kier alpha value is -13.9. The van der Waals surface area contributed by atoms with Gasteiger partial charge in [-0.1, -0.05) is 187 Å². The van der Waals surface area contributed by atoms with E-state index in [-0.39, 0.29) is 0 Å². The molecule has 4 aliphatic heterocycles. The van der Waals surface area contributed by atoms with E-state index in [1.807, 2.05) is 218 Å². The number of halogens is 3. The maximum atomic E-state index is 5.82. The second kappa shape index (κ2) is 61.6. The number of imidazole rings is 1. The number of anilines is 9. The summed E-state index contributed by atoms with van der Waals surface area (Å²) in [5.41, 5.74) is 73.1. The molecule has 27 N–H and O–H groups in total. The van der Waals surface area contributed by atoms with Gasteiger partial charge in [0.2, 0.25) is 5.95 Å². The summed E-state index contributed by atoms with van der Waals surface area (Å²) >= 11 is 17.0. The molecule has 7 aromatic heterocycles. The number of nitrogens with two attached hydrogens (primary N) is 11. The number of nitrogen functional groups attached to an aromatic ring is 6. The summed E-state index contributed by atoms with van der Waals surface area (Å²) in [5, 5.41) is 53.4. The lowest BCUT2D eigenvalue weighted by Crippen LogP contribution is -2.44. The molecule has 19 rings (SSSR count). The third-order valence-corrected chi connectivity index (χ3v) is 20.3. The smallest absolute Gasteiger partial charge is 0.225 e. The van der Waals surface area contributed by atoms with E-state index in [2.05, 4.69) is 119 Å². The van der Waals surface area contributed by atoms with Crippen molar-refractivity contribution in [1.29, 1.82) is 0 Å². The summed E-state index contributed by atoms with van der Waals surface area (Å²) in [7, 11) is 0. The molecule has 7 aromatic carbocycles. The van der Waals surface area contributed by atoms with E-state index in [1.165, 1.54) is 57.0 Å². The Morgan fingerprint density at radius 2 is 0.947 bits per heavy atom. The fourth-order valence-corrected chi connectivity index (χ4v) is 12.8. The van der Waals surface area contributed by atoms with Crippen LogP contribution in [0.5, 0.6) is 0 Å². The van der Waals surface area contributed by atoms with Gasteiger partial charge in [0.1, 0.15) is 29.1 Å². The van der Waals surface area contributed by atoms with Crippen LogP contribution in [-0.2, 0) is 6.54 Å². The van der Waals surface area contributed by atoms with Gasteiger partial charge in [-0.05, 0) is 196 Å². The third kappa shape index (κ3) is 42.1. The normalized spacial score (nSPS) is 13.8. The van der Waals surface area contributed by atoms with Gasteiger partial charge in [0, 0.05) is 152 Å². The van der Waals surface area contributed by atoms with Crippen molar-refractivity contribution in [2.75, 3.05) is 135 Å². The molecule has 1 atom stereocenters. The predicted molar refractivity (Wildman–Crippen MR) is 544 cm³/mol. The highest BCUT2D eigenvalue weighted by Gasteiger charge is 2.15. The first-order chi connectivity index (χ1) is 64.4. The second-order valence-corrected chi connectivity index (χ2v) is 30.9. The van der Waals surface area contributed by atoms with Crippen molar-refractivity contribution in [2.24, 2.45) is 44.8 Å². The van der Waals surface area contributed by atoms with Crippen molar-refractivity contribution in [3.8, 4) is 33.8 Å². The van der Waals surface area contributed by atoms with Gasteiger partial charge in [-0.2, -0.15) is 5.10 Å². The van der Waals surface area contributed by atoms with Crippen LogP contribution in [0.3, 0.4) is 0 Å². The lowest BCUT2D eigenvalue weighted by Gasteiger charge is -2.29. The molecule has 0 amide bonds. The monoisotopic (exact) mass is 1840 g/mol. The molecular weight excluding hydrogens is 1720 g/mol. The number of furan rings is 1. The zero-order valence-electron chi connectivity index (χ0n) is 74.1. The van der Waals surface area contributed by atoms with E-state index < -0.39 is 0 Å². The lowest BCUT2D eigenvalue weighted by molar-refractivity contribution is 0.562. The average Bonchev–Trinajstić information content (AvgIpc) is 1.54. The van der Waals surface area contributed by atoms with Gasteiger partial charge in [0.25, 0.3) is 0 Å². The number of aromatic amines is 1. The lowest BCUT2D eigenvalue weighted by atomic mass is 10.1. The summed E-state index contributed by atoms with van der Waals surface area (Å²) in [6, 6.07) is 80.9. The maximum Gasteiger partial charge on any atom is 0.225 e. The van der Waals surface area contributed by atoms with Crippen molar-refractivity contribution in [3.63, 3.8) is 0 Å². The Balaban J connectivity index is 0.000000180. The van der Waals surface area contributed by atoms with Crippen LogP contribution >= 0.6 is 34.8 Å². The second-order valence-electron chi connectivity index (χ2n) is 29.6. The van der Waals surface area contributed by atoms with Gasteiger partial charge in [0.05, 0.1) is 41.8 Å². The Bertz CT molecular complexity index is 5250. The first-order valence-corrected chi connectivity index (χ1v) is 44.5. The third-order valence-electron chi connectivity index (χ3n) is 19.6. The fourth-order valence-electron chi connectivity index (χ4n) is 12.4. The number of nitrogens with one attached hydrogen (secondary N) is 5. The van der Waals surface area contributed by atoms with Crippen molar-refractivity contribution >= 4 is 111 Å². The van der Waals surface area contributed by atoms with Gasteiger partial charge >= 0.3 is 0 Å². The first-order valence-electron chi connectivity index (χ1n) is 43.4. The minimum atomic E-state index is 0.360. The Labute approximate surface area is 787 Å². The van der Waals surface area contributed by atoms with Crippen molar-refractivity contribution in [2.45, 2.75) is 64.0 Å². The number of nitrogens with zero attached hydrogens (tertiary/aromatic N) is 15. The van der Waals surface area contributed by atoms with Crippen molar-refractivity contribution in [1.82, 2.24) is 76.7 Å². The van der Waals surface area contributed by atoms with Crippen LogP contribution < -0.4 is 94.1 Å². The topological polar surface area (TPSA) is 536 Å². The van der Waals surface area contributed by atoms with Crippen molar-refractivity contribution < 1.29 is 4.42 Å². The molecule has 3 saturated heterocycles. The number of rotatable bonds is 15. The molecule has 4 fully saturated rings. The molecular formula is C97H122Cl3N31O. The number of hydrogen-bond donors (Lipinski definition) is 16. The van der Waals surface area contributed by atoms with Crippen LogP contribution in [0.4, 0.5) is 52.2 Å². The van der Waals surface area contributed by atoms with Gasteiger partial charge < -0.3 is 104 Å². The van der Waals surface area contributed by atoms with Crippen LogP contribution in [0.1, 0.15) is 73.8 Å². The van der Waals surface area contributed by atoms with Crippen LogP contribution in [-0.4, -0.2) is 163 Å². The molecule has 0 bridgehead atoms. The Morgan fingerprint density at radius 3 is 1.33 bits per heavy atom. The molecule has 1 aliphatic carbocycles. The SMILES string of the molecule is Clc1ccc(N2CCNCC2)cc1.NC1=NN=C(c2ccccc2)C1.NCC1CCCC1.NCC1CCCN1.NCCCNc1ccc(-c2ccccc2)nn1.NCc1cnc[nH]1.Nc1ccc(-c2ccc(Cl)cc2)nn1.Nc1ccc(-c2ccccc2)nn1.Nc1ccc(/C=C/c2ccc(N)cc2)cc1.Nc1ccc(Cl)nn1.Nc1ccco1.c1cnc(N2CCNCC2)nc1. The number of benzene rings is 7. The molecule has 0 radical (unpaired) electrons. The van der Waals surface area contributed by atoms with E-state index in [1.54, 1.807) is 61.3 Å². The highest BCUT2D eigenvalue weighted by Crippen LogP contribution is 2.25. The van der Waals surface area contributed by atoms with E-state index in [0.717, 1.165) is 174 Å². The Kier molecular flexibility index (Phi) is 48.3. The summed E-state index contributed by atoms with van der Waals surface area (Å²) in [5.74, 6) is 4.82. The molecule has 0 spiro atoms. The summed E-state index contributed by atoms with van der Waals surface area (Å²) in [6.07, 6.45) is 22.3. The molecule has 5 aliphatic rings. The van der Waals surface area contributed by atoms with Gasteiger partial charge in [-0.3, -0.25) is 0 Å². The minimum Gasteiger partial charge on any atom is -0.449 e. The molecule has 1 unspecified atom stereocenters. The zero-order chi connectivity index (χ0) is 93.8. The number of piperazine rings is 2. The quantitative estimate of drug-likeness (QED) is 0.0257. The highest BCUT2D eigenvalue weighted by atomic mass is 35.5. The standard InChI is InChI=1S/C14H14N2.C13H16N4.C10H8ClN3.C10H13ClN2.C10H9N3.C9H9N3.C8H12N4.C6H13N.C5H12N2.C4H4ClN3.C4H7N3.C4H5NO/c15-13-7-3-11(4-8-13)1-2-12-5-9-14(16)10-6-12;14-9-4-10-15-13-8-7-12(16-17-13)11-5-2-1-3-6-11;11-8-3-1-7(2-4-8)9-5-6-10(12)14-13-9;11-9-1-3-10(4-2-9)13-7-5-12-6-8-13;11-10-7-6-9(12-13-10)8-4-2-1-3-5-8;10-9-6-8(11-12-9)7-4-2-1-3-5-7;1-2-10-8(11-3-1)12-6-4-9-5-7-12;7-5-6-3-1-2-4-6;6-4-5-2-1-3-7-5;5-3-1-2-4(6)8-7-3;5-1-4-2-6-3-7-4;5-4-2-1-3-6-4/h1-10H,15-16H2;1-3,5-8H,4,9-10,14H2,(H,15,17);1-6H,(H2,12,14);1-4,12H,5-8H2;1-7H,(H2,11,13);1-5H,6H2,(H2,10,12);1-3,9H,4-7H2;6H,1-5,7H2;5,7H,1-4,6H2;1-2H,(H2,6,8);2-3H,1,5H2,(H,6,7);1-3H,5H2/b2-1+;;;;;;;;;;;. The number of aromatic nitrogens is 12. The summed E-state index contributed by atoms with van der Waals surface area (Å²) < 4.78 is 4.61. The van der Waals surface area contributed by atoms with E-state index in [0.29, 0.717) is 64.9 Å². The van der Waals surface area contributed by atoms with Crippen LogP contribution in [0, 0.1) is 5.92 Å². The van der Waals surface area contributed by atoms with Crippen LogP contribution in [0.25, 0.3) is 45.9 Å². The molecule has 35 heteroatoms. The van der Waals surface area contributed by atoms with Crippen LogP contribution in [0.15, 0.2) is 301 Å². The number of H-pyrrole nitrogens is 1. The molecule has 32 nitrogen and oxygen atoms in total. The van der Waals surface area contributed by atoms with E-state index in [4.69, 9.17) is 97.9 Å². The molecule has 11 heterocycles. The number of hydrogen-bond acceptors (Lipinski definition) is 31. The number of amidine groups is 1. The maximum absolute atomic E-state index is 5.82. The van der Waals surface area contributed by atoms with Crippen molar-refractivity contribution in [3.05, 3.63) is 324 Å². The Morgan fingerprint density at radius 1 is 0.447 bits per heavy atom. The zero-order valence-corrected chi connectivity index (χ0v) is 76.4. The highest BCUT2D eigenvalue weighted by molar-refractivity contribution is 6.31. The molecule has 14 aromatic rings. The first kappa shape index (κ1) is 103. The van der Waals surface area contributed by atoms with Crippen LogP contribution in [0.2, 0.25) is 15.2 Å². The van der Waals surface area contributed by atoms with Gasteiger partial charge in [-0.15, -0.1) is 45.9 Å². The van der Waals surface area contributed by atoms with E-state index in [9.17, 15) is 0 Å². The largest absolute Gasteiger partial charge is 0.449 e. The van der Waals surface area contributed by atoms with Gasteiger partial charge in [0.15, 0.2) is 11.0 Å². The predicted octanol–water partition coefficient (Wildman–Crippen LogP) is 14.1. The average molecular weight is 1840 g/mol. The summed E-state index contributed by atoms with van der Waals surface area (Å²) in [6.45, 7) is 13.3. The van der Waals surface area contributed by atoms with Gasteiger partial charge in [-0.25, -0.2) is 15.0 Å². The molecule has 692 valence electrons.